The highest BCUT2D eigenvalue weighted by Crippen LogP contribution is 2.11. The lowest BCUT2D eigenvalue weighted by Crippen LogP contribution is -2.24. The van der Waals surface area contributed by atoms with Crippen LogP contribution in [0.1, 0.15) is 20.3 Å². The Morgan fingerprint density at radius 2 is 2.29 bits per heavy atom. The zero-order valence-corrected chi connectivity index (χ0v) is 9.49. The van der Waals surface area contributed by atoms with Crippen LogP contribution in [0.4, 0.5) is 5.82 Å². The van der Waals surface area contributed by atoms with Gasteiger partial charge in [0.05, 0.1) is 6.20 Å². The van der Waals surface area contributed by atoms with Crippen LogP contribution in [0.15, 0.2) is 6.20 Å². The van der Waals surface area contributed by atoms with E-state index in [9.17, 15) is 0 Å². The molecule has 1 aromatic rings. The summed E-state index contributed by atoms with van der Waals surface area (Å²) in [7, 11) is 1.98. The maximum absolute atomic E-state index is 5.65. The molecule has 0 N–H and O–H groups in total. The van der Waals surface area contributed by atoms with Crippen LogP contribution in [-0.2, 0) is 0 Å². The molecule has 4 nitrogen and oxygen atoms in total. The molecule has 0 saturated heterocycles. The fourth-order valence-corrected chi connectivity index (χ4v) is 1.28. The van der Waals surface area contributed by atoms with Gasteiger partial charge < -0.3 is 4.90 Å². The molecule has 0 aromatic carbocycles. The summed E-state index contributed by atoms with van der Waals surface area (Å²) in [6, 6.07) is 0. The number of anilines is 1. The van der Waals surface area contributed by atoms with Gasteiger partial charge in [0.15, 0.2) is 5.82 Å². The van der Waals surface area contributed by atoms with E-state index in [1.807, 2.05) is 11.9 Å². The first kappa shape index (κ1) is 11.2. The van der Waals surface area contributed by atoms with Crippen molar-refractivity contribution in [3.63, 3.8) is 0 Å². The minimum atomic E-state index is 0.193. The maximum atomic E-state index is 5.65. The molecule has 0 fully saturated rings. The minimum absolute atomic E-state index is 0.193. The summed E-state index contributed by atoms with van der Waals surface area (Å²) in [6.45, 7) is 5.32. The van der Waals surface area contributed by atoms with Crippen LogP contribution < -0.4 is 4.90 Å². The third-order valence-electron chi connectivity index (χ3n) is 2.19. The molecule has 0 amide bonds. The van der Waals surface area contributed by atoms with Gasteiger partial charge in [-0.15, -0.1) is 5.10 Å². The normalized spacial score (nSPS) is 12.6. The smallest absolute Gasteiger partial charge is 0.244 e. The standard InChI is InChI=1S/C9H15ClN4/c1-4-7(2)6-14(3)8-5-11-13-9(10)12-8/h5,7H,4,6H2,1-3H3. The molecule has 0 bridgehead atoms. The number of rotatable bonds is 4. The third kappa shape index (κ3) is 3.10. The van der Waals surface area contributed by atoms with E-state index < -0.39 is 0 Å². The Balaban J connectivity index is 2.64. The summed E-state index contributed by atoms with van der Waals surface area (Å²) in [5.41, 5.74) is 0. The molecule has 1 rings (SSSR count). The number of halogens is 1. The van der Waals surface area contributed by atoms with E-state index in [1.165, 1.54) is 0 Å². The van der Waals surface area contributed by atoms with Crippen LogP contribution >= 0.6 is 11.6 Å². The first-order valence-electron chi connectivity index (χ1n) is 4.69. The molecule has 1 atom stereocenters. The third-order valence-corrected chi connectivity index (χ3v) is 2.35. The molecule has 5 heteroatoms. The highest BCUT2D eigenvalue weighted by Gasteiger charge is 2.07. The highest BCUT2D eigenvalue weighted by molar-refractivity contribution is 6.28. The summed E-state index contributed by atoms with van der Waals surface area (Å²) in [4.78, 5) is 6.11. The first-order valence-corrected chi connectivity index (χ1v) is 5.07. The van der Waals surface area contributed by atoms with Gasteiger partial charge in [0.1, 0.15) is 0 Å². The second kappa shape index (κ2) is 5.10. The van der Waals surface area contributed by atoms with E-state index in [2.05, 4.69) is 29.0 Å². The number of aromatic nitrogens is 3. The highest BCUT2D eigenvalue weighted by atomic mass is 35.5. The number of hydrogen-bond donors (Lipinski definition) is 0. The molecular formula is C9H15ClN4. The maximum Gasteiger partial charge on any atom is 0.244 e. The van der Waals surface area contributed by atoms with Crippen LogP contribution in [0.5, 0.6) is 0 Å². The average Bonchev–Trinajstić information content (AvgIpc) is 2.17. The van der Waals surface area contributed by atoms with Crippen LogP contribution in [0.3, 0.4) is 0 Å². The molecule has 0 spiro atoms. The molecule has 1 aromatic heterocycles. The Morgan fingerprint density at radius 1 is 1.57 bits per heavy atom. The van der Waals surface area contributed by atoms with E-state index in [4.69, 9.17) is 11.6 Å². The Morgan fingerprint density at radius 3 is 2.86 bits per heavy atom. The Hall–Kier alpha value is -0.900. The quantitative estimate of drug-likeness (QED) is 0.769. The second-order valence-electron chi connectivity index (χ2n) is 3.48. The molecule has 78 valence electrons. The van der Waals surface area contributed by atoms with Crippen molar-refractivity contribution in [1.29, 1.82) is 0 Å². The average molecular weight is 215 g/mol. The van der Waals surface area contributed by atoms with Crippen molar-refractivity contribution < 1.29 is 0 Å². The van der Waals surface area contributed by atoms with E-state index in [0.29, 0.717) is 5.92 Å². The van der Waals surface area contributed by atoms with Crippen molar-refractivity contribution in [3.05, 3.63) is 11.5 Å². The zero-order valence-electron chi connectivity index (χ0n) is 8.74. The van der Waals surface area contributed by atoms with Crippen LogP contribution in [0.25, 0.3) is 0 Å². The molecule has 1 unspecified atom stereocenters. The minimum Gasteiger partial charge on any atom is -0.358 e. The summed E-state index contributed by atoms with van der Waals surface area (Å²) >= 11 is 5.65. The fraction of sp³-hybridized carbons (Fsp3) is 0.667. The van der Waals surface area contributed by atoms with Gasteiger partial charge in [-0.1, -0.05) is 20.3 Å². The fourth-order valence-electron chi connectivity index (χ4n) is 1.15. The Labute approximate surface area is 89.3 Å². The van der Waals surface area contributed by atoms with Crippen molar-refractivity contribution in [3.8, 4) is 0 Å². The van der Waals surface area contributed by atoms with E-state index in [-0.39, 0.29) is 5.28 Å². The van der Waals surface area contributed by atoms with Crippen molar-refractivity contribution >= 4 is 17.4 Å². The van der Waals surface area contributed by atoms with Crippen molar-refractivity contribution in [2.75, 3.05) is 18.5 Å². The topological polar surface area (TPSA) is 41.9 Å². The van der Waals surface area contributed by atoms with Gasteiger partial charge in [-0.05, 0) is 17.5 Å². The summed E-state index contributed by atoms with van der Waals surface area (Å²) in [5, 5.41) is 7.54. The van der Waals surface area contributed by atoms with Gasteiger partial charge in [0.25, 0.3) is 0 Å². The van der Waals surface area contributed by atoms with Crippen molar-refractivity contribution in [2.24, 2.45) is 5.92 Å². The van der Waals surface area contributed by atoms with E-state index in [0.717, 1.165) is 18.8 Å². The molecule has 14 heavy (non-hydrogen) atoms. The molecule has 1 heterocycles. The van der Waals surface area contributed by atoms with Crippen LogP contribution in [-0.4, -0.2) is 28.8 Å². The van der Waals surface area contributed by atoms with Crippen molar-refractivity contribution in [1.82, 2.24) is 15.2 Å². The lowest BCUT2D eigenvalue weighted by Gasteiger charge is -2.20. The van der Waals surface area contributed by atoms with Crippen LogP contribution in [0, 0.1) is 5.92 Å². The summed E-state index contributed by atoms with van der Waals surface area (Å²) < 4.78 is 0. The summed E-state index contributed by atoms with van der Waals surface area (Å²) in [5.74, 6) is 1.40. The Kier molecular flexibility index (Phi) is 4.07. The SMILES string of the molecule is CCC(C)CN(C)c1cnnc(Cl)n1. The molecular weight excluding hydrogens is 200 g/mol. The predicted molar refractivity (Wildman–Crippen MR) is 57.6 cm³/mol. The van der Waals surface area contributed by atoms with Crippen molar-refractivity contribution in [2.45, 2.75) is 20.3 Å². The van der Waals surface area contributed by atoms with Gasteiger partial charge in [0.2, 0.25) is 5.28 Å². The number of nitrogens with zero attached hydrogens (tertiary/aromatic N) is 4. The molecule has 0 radical (unpaired) electrons. The van der Waals surface area contributed by atoms with E-state index in [1.54, 1.807) is 6.20 Å². The zero-order chi connectivity index (χ0) is 10.6. The molecule has 0 aliphatic carbocycles. The van der Waals surface area contributed by atoms with Gasteiger partial charge >= 0.3 is 0 Å². The largest absolute Gasteiger partial charge is 0.358 e. The van der Waals surface area contributed by atoms with Gasteiger partial charge in [-0.25, -0.2) is 0 Å². The number of hydrogen-bond acceptors (Lipinski definition) is 4. The molecule has 0 saturated carbocycles. The van der Waals surface area contributed by atoms with E-state index >= 15 is 0 Å². The Bertz CT molecular complexity index is 292. The molecule has 0 aliphatic rings. The van der Waals surface area contributed by atoms with Crippen LogP contribution in [0.2, 0.25) is 5.28 Å². The predicted octanol–water partition coefficient (Wildman–Crippen LogP) is 2.01. The summed E-state index contributed by atoms with van der Waals surface area (Å²) in [6.07, 6.45) is 2.77. The van der Waals surface area contributed by atoms with Gasteiger partial charge in [-0.2, -0.15) is 10.1 Å². The molecule has 0 aliphatic heterocycles. The van der Waals surface area contributed by atoms with Gasteiger partial charge in [-0.3, -0.25) is 0 Å². The second-order valence-corrected chi connectivity index (χ2v) is 3.82. The lowest BCUT2D eigenvalue weighted by molar-refractivity contribution is 0.557. The monoisotopic (exact) mass is 214 g/mol. The lowest BCUT2D eigenvalue weighted by atomic mass is 10.1. The van der Waals surface area contributed by atoms with Gasteiger partial charge in [0, 0.05) is 13.6 Å². The first-order chi connectivity index (χ1) is 6.63.